The summed E-state index contributed by atoms with van der Waals surface area (Å²) in [5.74, 6) is 1.09. The molecule has 6 N–H and O–H groups in total. The van der Waals surface area contributed by atoms with E-state index < -0.39 is 5.91 Å². The molecule has 0 aliphatic rings. The van der Waals surface area contributed by atoms with Gasteiger partial charge in [0.05, 0.1) is 29.7 Å². The van der Waals surface area contributed by atoms with Gasteiger partial charge in [0.2, 0.25) is 0 Å². The zero-order valence-electron chi connectivity index (χ0n) is 15.3. The lowest BCUT2D eigenvalue weighted by atomic mass is 10.2. The molecule has 9 nitrogen and oxygen atoms in total. The van der Waals surface area contributed by atoms with Gasteiger partial charge in [-0.3, -0.25) is 9.78 Å². The fourth-order valence-electron chi connectivity index (χ4n) is 2.48. The Morgan fingerprint density at radius 1 is 1.07 bits per heavy atom. The van der Waals surface area contributed by atoms with E-state index in [1.54, 1.807) is 36.8 Å². The number of primary amides is 1. The molecule has 0 aliphatic carbocycles. The largest absolute Gasteiger partial charge is 0.492 e. The number of hydrogen-bond acceptors (Lipinski definition) is 8. The summed E-state index contributed by atoms with van der Waals surface area (Å²) in [6.07, 6.45) is 6.32. The summed E-state index contributed by atoms with van der Waals surface area (Å²) in [5, 5.41) is 6.23. The van der Waals surface area contributed by atoms with E-state index in [1.165, 1.54) is 6.20 Å². The van der Waals surface area contributed by atoms with Crippen LogP contribution in [0.5, 0.6) is 5.75 Å². The van der Waals surface area contributed by atoms with Gasteiger partial charge in [-0.1, -0.05) is 6.07 Å². The van der Waals surface area contributed by atoms with Crippen LogP contribution in [-0.4, -0.2) is 27.5 Å². The number of aromatic nitrogens is 3. The van der Waals surface area contributed by atoms with Gasteiger partial charge >= 0.3 is 0 Å². The van der Waals surface area contributed by atoms with Crippen molar-refractivity contribution in [3.05, 3.63) is 60.2 Å². The van der Waals surface area contributed by atoms with Crippen LogP contribution in [0.15, 0.2) is 49.1 Å². The van der Waals surface area contributed by atoms with Crippen molar-refractivity contribution in [2.45, 2.75) is 13.5 Å². The zero-order chi connectivity index (χ0) is 19.9. The maximum absolute atomic E-state index is 11.8. The molecular formula is C19H21N7O2. The number of ether oxygens (including phenoxy) is 1. The fraction of sp³-hybridized carbons (Fsp3) is 0.158. The minimum absolute atomic E-state index is 0.239. The first-order valence-corrected chi connectivity index (χ1v) is 8.66. The number of rotatable bonds is 8. The van der Waals surface area contributed by atoms with Crippen molar-refractivity contribution in [2.75, 3.05) is 17.2 Å². The Kier molecular flexibility index (Phi) is 5.97. The van der Waals surface area contributed by atoms with E-state index in [0.717, 1.165) is 5.56 Å². The molecule has 0 aliphatic heterocycles. The first-order chi connectivity index (χ1) is 13.6. The predicted octanol–water partition coefficient (Wildman–Crippen LogP) is 2.32. The Balaban J connectivity index is 1.90. The van der Waals surface area contributed by atoms with Crippen LogP contribution >= 0.6 is 0 Å². The summed E-state index contributed by atoms with van der Waals surface area (Å²) < 4.78 is 5.59. The number of nitrogens with one attached hydrogen (secondary N) is 2. The van der Waals surface area contributed by atoms with Crippen molar-refractivity contribution in [1.29, 1.82) is 0 Å². The quantitative estimate of drug-likeness (QED) is 0.467. The van der Waals surface area contributed by atoms with Crippen LogP contribution in [0, 0.1) is 0 Å². The molecule has 0 aromatic carbocycles. The van der Waals surface area contributed by atoms with Gasteiger partial charge in [-0.25, -0.2) is 9.97 Å². The maximum Gasteiger partial charge on any atom is 0.252 e. The molecule has 0 bridgehead atoms. The van der Waals surface area contributed by atoms with Crippen molar-refractivity contribution in [2.24, 2.45) is 11.5 Å². The van der Waals surface area contributed by atoms with Gasteiger partial charge in [0, 0.05) is 37.3 Å². The molecule has 0 saturated carbocycles. The highest BCUT2D eigenvalue weighted by molar-refractivity contribution is 5.99. The highest BCUT2D eigenvalue weighted by atomic mass is 16.5. The van der Waals surface area contributed by atoms with Crippen LogP contribution in [0.1, 0.15) is 22.8 Å². The Labute approximate surface area is 162 Å². The van der Waals surface area contributed by atoms with E-state index in [1.807, 2.05) is 13.0 Å². The molecule has 0 atom stereocenters. The van der Waals surface area contributed by atoms with Gasteiger partial charge in [0.25, 0.3) is 5.91 Å². The average molecular weight is 379 g/mol. The van der Waals surface area contributed by atoms with Crippen LogP contribution in [0.25, 0.3) is 0 Å². The number of nitrogens with two attached hydrogens (primary N) is 2. The minimum atomic E-state index is -0.603. The lowest BCUT2D eigenvalue weighted by Crippen LogP contribution is -2.14. The van der Waals surface area contributed by atoms with Crippen LogP contribution in [0.4, 0.5) is 23.0 Å². The van der Waals surface area contributed by atoms with E-state index in [0.29, 0.717) is 41.9 Å². The molecule has 3 aromatic rings. The topological polar surface area (TPSA) is 141 Å². The first-order valence-electron chi connectivity index (χ1n) is 8.66. The van der Waals surface area contributed by atoms with Crippen LogP contribution in [-0.2, 0) is 6.54 Å². The van der Waals surface area contributed by atoms with Crippen LogP contribution in [0.3, 0.4) is 0 Å². The number of carbonyl (C=O) groups is 1. The predicted molar refractivity (Wildman–Crippen MR) is 107 cm³/mol. The number of carbonyl (C=O) groups excluding carboxylic acids is 1. The van der Waals surface area contributed by atoms with Crippen LogP contribution < -0.4 is 26.8 Å². The van der Waals surface area contributed by atoms with Crippen molar-refractivity contribution < 1.29 is 9.53 Å². The van der Waals surface area contributed by atoms with Gasteiger partial charge < -0.3 is 26.8 Å². The lowest BCUT2D eigenvalue weighted by molar-refractivity contribution is 0.100. The van der Waals surface area contributed by atoms with E-state index in [-0.39, 0.29) is 5.56 Å². The third-order valence-corrected chi connectivity index (χ3v) is 3.84. The first kappa shape index (κ1) is 19.1. The Bertz CT molecular complexity index is 961. The second kappa shape index (κ2) is 8.78. The van der Waals surface area contributed by atoms with Crippen LogP contribution in [0.2, 0.25) is 0 Å². The zero-order valence-corrected chi connectivity index (χ0v) is 15.3. The maximum atomic E-state index is 11.8. The van der Waals surface area contributed by atoms with Gasteiger partial charge in [-0.15, -0.1) is 0 Å². The summed E-state index contributed by atoms with van der Waals surface area (Å²) in [7, 11) is 0. The number of anilines is 4. The fourth-order valence-corrected chi connectivity index (χ4v) is 2.48. The molecule has 1 amide bonds. The Morgan fingerprint density at radius 2 is 1.89 bits per heavy atom. The number of pyridine rings is 3. The summed E-state index contributed by atoms with van der Waals surface area (Å²) >= 11 is 0. The lowest BCUT2D eigenvalue weighted by Gasteiger charge is -2.15. The van der Waals surface area contributed by atoms with Gasteiger partial charge in [0.1, 0.15) is 17.4 Å². The molecule has 0 saturated heterocycles. The van der Waals surface area contributed by atoms with Crippen molar-refractivity contribution >= 4 is 28.9 Å². The molecule has 0 spiro atoms. The minimum Gasteiger partial charge on any atom is -0.492 e. The standard InChI is InChI=1S/C19H21N7O2/c1-2-28-16-5-6-22-11-15(16)25-14-7-18(24-10-13(14)19(21)27)26-17-4-3-12(8-20)9-23-17/h3-7,9-11H,2,8,20H2,1H3,(H2,21,27)(H2,23,24,25,26). The molecule has 3 heterocycles. The number of hydrogen-bond donors (Lipinski definition) is 4. The molecule has 9 heteroatoms. The highest BCUT2D eigenvalue weighted by Gasteiger charge is 2.13. The van der Waals surface area contributed by atoms with E-state index in [2.05, 4.69) is 25.6 Å². The summed E-state index contributed by atoms with van der Waals surface area (Å²) in [6.45, 7) is 2.80. The molecule has 28 heavy (non-hydrogen) atoms. The molecule has 0 radical (unpaired) electrons. The smallest absolute Gasteiger partial charge is 0.252 e. The second-order valence-corrected chi connectivity index (χ2v) is 5.79. The molecule has 3 aromatic heterocycles. The second-order valence-electron chi connectivity index (χ2n) is 5.79. The third kappa shape index (κ3) is 4.51. The average Bonchev–Trinajstić information content (AvgIpc) is 2.70. The SMILES string of the molecule is CCOc1ccncc1Nc1cc(Nc2ccc(CN)cn2)ncc1C(N)=O. The molecule has 0 fully saturated rings. The van der Waals surface area contributed by atoms with Gasteiger partial charge in [-0.2, -0.15) is 0 Å². The Hall–Kier alpha value is -3.72. The van der Waals surface area contributed by atoms with Crippen molar-refractivity contribution in [3.8, 4) is 5.75 Å². The number of amides is 1. The summed E-state index contributed by atoms with van der Waals surface area (Å²) in [5.41, 5.74) is 13.3. The van der Waals surface area contributed by atoms with Crippen molar-refractivity contribution in [1.82, 2.24) is 15.0 Å². The molecular weight excluding hydrogens is 358 g/mol. The monoisotopic (exact) mass is 379 g/mol. The van der Waals surface area contributed by atoms with E-state index >= 15 is 0 Å². The summed E-state index contributed by atoms with van der Waals surface area (Å²) in [6, 6.07) is 7.07. The summed E-state index contributed by atoms with van der Waals surface area (Å²) in [4.78, 5) is 24.4. The Morgan fingerprint density at radius 3 is 2.57 bits per heavy atom. The molecule has 3 rings (SSSR count). The van der Waals surface area contributed by atoms with E-state index in [9.17, 15) is 4.79 Å². The number of nitrogens with zero attached hydrogens (tertiary/aromatic N) is 3. The van der Waals surface area contributed by atoms with Gasteiger partial charge in [0.15, 0.2) is 0 Å². The molecule has 0 unspecified atom stereocenters. The van der Waals surface area contributed by atoms with E-state index in [4.69, 9.17) is 16.2 Å². The molecule has 144 valence electrons. The third-order valence-electron chi connectivity index (χ3n) is 3.84. The van der Waals surface area contributed by atoms with Gasteiger partial charge in [-0.05, 0) is 18.6 Å². The highest BCUT2D eigenvalue weighted by Crippen LogP contribution is 2.29. The normalized spacial score (nSPS) is 10.4. The van der Waals surface area contributed by atoms with Crippen molar-refractivity contribution in [3.63, 3.8) is 0 Å².